The number of aromatic nitrogens is 4. The third-order valence-electron chi connectivity index (χ3n) is 5.24. The maximum Gasteiger partial charge on any atom is 0.407 e. The zero-order valence-electron chi connectivity index (χ0n) is 16.3. The van der Waals surface area contributed by atoms with E-state index in [-0.39, 0.29) is 6.04 Å². The molecule has 2 N–H and O–H groups in total. The summed E-state index contributed by atoms with van der Waals surface area (Å²) in [5.41, 5.74) is 3.19. The lowest BCUT2D eigenvalue weighted by molar-refractivity contribution is 0.000443. The molecule has 9 heteroatoms. The van der Waals surface area contributed by atoms with Crippen LogP contribution in [0.4, 0.5) is 4.79 Å². The molecule has 1 aromatic carbocycles. The summed E-state index contributed by atoms with van der Waals surface area (Å²) >= 11 is 0. The Kier molecular flexibility index (Phi) is 4.72. The molecule has 1 aliphatic rings. The van der Waals surface area contributed by atoms with Crippen LogP contribution in [0.25, 0.3) is 16.6 Å². The number of carboxylic acid groups (broad SMARTS) is 1. The minimum Gasteiger partial charge on any atom is -0.465 e. The predicted octanol–water partition coefficient (Wildman–Crippen LogP) is 2.22. The molecule has 28 heavy (non-hydrogen) atoms. The molecule has 3 aromatic rings. The Morgan fingerprint density at radius 1 is 1.39 bits per heavy atom. The highest BCUT2D eigenvalue weighted by Gasteiger charge is 2.31. The highest BCUT2D eigenvalue weighted by Crippen LogP contribution is 2.25. The van der Waals surface area contributed by atoms with Crippen molar-refractivity contribution in [2.24, 2.45) is 0 Å². The highest BCUT2D eigenvalue weighted by atomic mass is 28.3. The van der Waals surface area contributed by atoms with Gasteiger partial charge in [0.15, 0.2) is 0 Å². The largest absolute Gasteiger partial charge is 0.465 e. The normalized spacial score (nSPS) is 18.0. The van der Waals surface area contributed by atoms with E-state index in [0.29, 0.717) is 26.2 Å². The second kappa shape index (κ2) is 7.06. The van der Waals surface area contributed by atoms with E-state index < -0.39 is 14.2 Å². The van der Waals surface area contributed by atoms with Crippen molar-refractivity contribution in [2.45, 2.75) is 32.1 Å². The zero-order valence-corrected chi connectivity index (χ0v) is 17.3. The summed E-state index contributed by atoms with van der Waals surface area (Å²) in [6, 6.07) is 5.99. The molecule has 1 fully saturated rings. The van der Waals surface area contributed by atoms with Gasteiger partial charge < -0.3 is 19.7 Å². The van der Waals surface area contributed by atoms with Crippen LogP contribution in [0.5, 0.6) is 0 Å². The number of hydrogen-bond donors (Lipinski definition) is 2. The average Bonchev–Trinajstić information content (AvgIpc) is 3.29. The molecule has 0 radical (unpaired) electrons. The van der Waals surface area contributed by atoms with Crippen LogP contribution in [0.3, 0.4) is 0 Å². The van der Waals surface area contributed by atoms with Crippen LogP contribution in [0, 0.1) is 0 Å². The molecule has 1 aliphatic heterocycles. The molecular weight excluding hydrogens is 374 g/mol. The third-order valence-corrected chi connectivity index (χ3v) is 7.16. The number of aromatic amines is 1. The van der Waals surface area contributed by atoms with Crippen LogP contribution in [0.15, 0.2) is 30.9 Å². The van der Waals surface area contributed by atoms with E-state index >= 15 is 0 Å². The maximum absolute atomic E-state index is 11.7. The number of fused-ring (bicyclic) bond motifs is 1. The number of H-pyrrole nitrogens is 1. The number of nitrogens with zero attached hydrogens (tertiary/aromatic N) is 4. The molecular formula is C19H25N5O3Si. The third kappa shape index (κ3) is 3.42. The molecule has 4 rings (SSSR count). The van der Waals surface area contributed by atoms with Crippen molar-refractivity contribution in [3.05, 3.63) is 36.4 Å². The molecule has 148 valence electrons. The van der Waals surface area contributed by atoms with Crippen molar-refractivity contribution in [2.75, 3.05) is 19.8 Å². The fourth-order valence-corrected chi connectivity index (χ4v) is 5.54. The van der Waals surface area contributed by atoms with Gasteiger partial charge >= 0.3 is 6.09 Å². The van der Waals surface area contributed by atoms with E-state index in [1.807, 2.05) is 6.07 Å². The number of rotatable bonds is 4. The summed E-state index contributed by atoms with van der Waals surface area (Å²) in [6.07, 6.45) is 2.94. The molecule has 1 atom stereocenters. The molecule has 8 nitrogen and oxygen atoms in total. The maximum atomic E-state index is 11.7. The Bertz CT molecular complexity index is 993. The van der Waals surface area contributed by atoms with Crippen LogP contribution in [-0.4, -0.2) is 69.7 Å². The number of nitrogens with one attached hydrogen (secondary N) is 1. The first-order valence-electron chi connectivity index (χ1n) is 9.42. The van der Waals surface area contributed by atoms with E-state index in [1.165, 1.54) is 22.1 Å². The fourth-order valence-electron chi connectivity index (χ4n) is 3.88. The highest BCUT2D eigenvalue weighted by molar-refractivity contribution is 6.88. The molecule has 1 amide bonds. The van der Waals surface area contributed by atoms with Gasteiger partial charge in [-0.15, -0.1) is 0 Å². The second-order valence-corrected chi connectivity index (χ2v) is 13.2. The van der Waals surface area contributed by atoms with Crippen LogP contribution in [0.2, 0.25) is 19.6 Å². The molecule has 0 bridgehead atoms. The Morgan fingerprint density at radius 2 is 2.21 bits per heavy atom. The van der Waals surface area contributed by atoms with Crippen molar-refractivity contribution in [1.29, 1.82) is 0 Å². The molecule has 0 aliphatic carbocycles. The van der Waals surface area contributed by atoms with Gasteiger partial charge in [0.2, 0.25) is 0 Å². The smallest absolute Gasteiger partial charge is 0.407 e. The first-order valence-corrected chi connectivity index (χ1v) is 12.9. The van der Waals surface area contributed by atoms with E-state index in [1.54, 1.807) is 11.0 Å². The quantitative estimate of drug-likeness (QED) is 0.656. The summed E-state index contributed by atoms with van der Waals surface area (Å²) in [5, 5.41) is 16.2. The Balaban J connectivity index is 1.81. The predicted molar refractivity (Wildman–Crippen MR) is 109 cm³/mol. The Morgan fingerprint density at radius 3 is 2.89 bits per heavy atom. The van der Waals surface area contributed by atoms with Gasteiger partial charge in [-0.2, -0.15) is 5.10 Å². The van der Waals surface area contributed by atoms with Crippen molar-refractivity contribution in [3.63, 3.8) is 0 Å². The minimum atomic E-state index is -1.68. The SMILES string of the molecule is C[Si](C)(C)c1[nH]c2ccc(-n3cncn3)cc2c1C[C@H]1COCCN1C(=O)O. The number of morpholine rings is 1. The molecule has 0 unspecified atom stereocenters. The monoisotopic (exact) mass is 399 g/mol. The number of amides is 1. The van der Waals surface area contributed by atoms with E-state index in [9.17, 15) is 9.90 Å². The summed E-state index contributed by atoms with van der Waals surface area (Å²) in [5.74, 6) is 0. The second-order valence-electron chi connectivity index (χ2n) is 8.21. The van der Waals surface area contributed by atoms with Gasteiger partial charge in [-0.3, -0.25) is 0 Å². The molecule has 2 aromatic heterocycles. The lowest BCUT2D eigenvalue weighted by Crippen LogP contribution is -2.50. The standard InChI is InChI=1S/C19H25N5O3Si/c1-28(2,3)18-16(9-14-10-27-7-6-23(14)19(25)26)15-8-13(4-5-17(15)22-18)24-12-20-11-21-24/h4-5,8,11-12,14,22H,6-7,9-10H2,1-3H3,(H,25,26)/t14-/m0/s1. The molecule has 0 saturated carbocycles. The molecule has 1 saturated heterocycles. The Labute approximate surface area is 164 Å². The number of ether oxygens (including phenoxy) is 1. The molecule has 0 spiro atoms. The van der Waals surface area contributed by atoms with Crippen molar-refractivity contribution in [1.82, 2.24) is 24.6 Å². The summed E-state index contributed by atoms with van der Waals surface area (Å²) < 4.78 is 7.34. The lowest BCUT2D eigenvalue weighted by atomic mass is 10.0. The van der Waals surface area contributed by atoms with Crippen molar-refractivity contribution >= 4 is 30.4 Å². The van der Waals surface area contributed by atoms with Crippen LogP contribution in [0.1, 0.15) is 5.56 Å². The van der Waals surface area contributed by atoms with Gasteiger partial charge in [-0.25, -0.2) is 14.5 Å². The number of hydrogen-bond acceptors (Lipinski definition) is 4. The fraction of sp³-hybridized carbons (Fsp3) is 0.421. The van der Waals surface area contributed by atoms with Gasteiger partial charge in [-0.1, -0.05) is 19.6 Å². The first kappa shape index (κ1) is 18.7. The number of carbonyl (C=O) groups is 1. The Hall–Kier alpha value is -2.65. The van der Waals surface area contributed by atoms with Gasteiger partial charge in [-0.05, 0) is 30.2 Å². The van der Waals surface area contributed by atoms with Gasteiger partial charge in [0, 0.05) is 22.8 Å². The minimum absolute atomic E-state index is 0.185. The van der Waals surface area contributed by atoms with Gasteiger partial charge in [0.1, 0.15) is 12.7 Å². The van der Waals surface area contributed by atoms with Crippen molar-refractivity contribution in [3.8, 4) is 5.69 Å². The van der Waals surface area contributed by atoms with E-state index in [0.717, 1.165) is 16.6 Å². The van der Waals surface area contributed by atoms with Crippen LogP contribution >= 0.6 is 0 Å². The van der Waals surface area contributed by atoms with Crippen LogP contribution in [-0.2, 0) is 11.2 Å². The zero-order chi connectivity index (χ0) is 19.9. The van der Waals surface area contributed by atoms with Gasteiger partial charge in [0.05, 0.1) is 33.0 Å². The lowest BCUT2D eigenvalue weighted by Gasteiger charge is -2.34. The van der Waals surface area contributed by atoms with Crippen LogP contribution < -0.4 is 5.32 Å². The molecule has 3 heterocycles. The van der Waals surface area contributed by atoms with Gasteiger partial charge in [0.25, 0.3) is 0 Å². The first-order chi connectivity index (χ1) is 13.3. The topological polar surface area (TPSA) is 96.3 Å². The summed E-state index contributed by atoms with van der Waals surface area (Å²) in [6.45, 7) is 8.18. The summed E-state index contributed by atoms with van der Waals surface area (Å²) in [4.78, 5) is 20.9. The van der Waals surface area contributed by atoms with Crippen molar-refractivity contribution < 1.29 is 14.6 Å². The average molecular weight is 400 g/mol. The number of benzene rings is 1. The van der Waals surface area contributed by atoms with E-state index in [2.05, 4.69) is 46.8 Å². The summed E-state index contributed by atoms with van der Waals surface area (Å²) in [7, 11) is -1.68. The van der Waals surface area contributed by atoms with E-state index in [4.69, 9.17) is 4.74 Å².